The van der Waals surface area contributed by atoms with E-state index in [9.17, 15) is 4.79 Å². The molecule has 140 valence electrons. The molecule has 0 amide bonds. The first-order chi connectivity index (χ1) is 13.1. The molecule has 3 aromatic carbocycles. The number of hydrogen-bond donors (Lipinski definition) is 0. The third-order valence-electron chi connectivity index (χ3n) is 4.21. The molecule has 0 N–H and O–H groups in total. The van der Waals surface area contributed by atoms with Crippen LogP contribution in [-0.4, -0.2) is 19.7 Å². The zero-order valence-corrected chi connectivity index (χ0v) is 15.9. The number of carbonyl (C=O) groups is 1. The van der Waals surface area contributed by atoms with Crippen LogP contribution in [-0.2, 0) is 11.3 Å². The van der Waals surface area contributed by atoms with Crippen LogP contribution < -0.4 is 9.47 Å². The molecule has 3 aromatic rings. The highest BCUT2D eigenvalue weighted by molar-refractivity contribution is 5.91. The van der Waals surface area contributed by atoms with Crippen molar-refractivity contribution in [1.29, 1.82) is 0 Å². The van der Waals surface area contributed by atoms with Crippen LogP contribution >= 0.6 is 0 Å². The van der Waals surface area contributed by atoms with Gasteiger partial charge in [0.1, 0.15) is 6.61 Å². The molecule has 3 rings (SSSR count). The maximum absolute atomic E-state index is 12.5. The van der Waals surface area contributed by atoms with Crippen LogP contribution in [0.1, 0.15) is 29.8 Å². The summed E-state index contributed by atoms with van der Waals surface area (Å²) in [5.74, 6) is 1.16. The van der Waals surface area contributed by atoms with E-state index in [1.54, 1.807) is 25.3 Å². The van der Waals surface area contributed by atoms with Crippen molar-refractivity contribution >= 4 is 16.7 Å². The Labute approximate surface area is 159 Å². The molecular weight excluding hydrogens is 340 g/mol. The molecule has 4 heteroatoms. The van der Waals surface area contributed by atoms with Crippen LogP contribution in [0.5, 0.6) is 11.5 Å². The molecule has 0 aliphatic rings. The van der Waals surface area contributed by atoms with Crippen LogP contribution in [0, 0.1) is 5.92 Å². The van der Waals surface area contributed by atoms with E-state index in [4.69, 9.17) is 14.2 Å². The Balaban J connectivity index is 1.72. The van der Waals surface area contributed by atoms with Crippen molar-refractivity contribution in [2.24, 2.45) is 5.92 Å². The van der Waals surface area contributed by atoms with E-state index in [-0.39, 0.29) is 6.61 Å². The van der Waals surface area contributed by atoms with Crippen molar-refractivity contribution in [1.82, 2.24) is 0 Å². The average molecular weight is 364 g/mol. The topological polar surface area (TPSA) is 44.8 Å². The van der Waals surface area contributed by atoms with Gasteiger partial charge in [0, 0.05) is 0 Å². The van der Waals surface area contributed by atoms with Gasteiger partial charge in [0.2, 0.25) is 0 Å². The quantitative estimate of drug-likeness (QED) is 0.538. The zero-order valence-electron chi connectivity index (χ0n) is 15.9. The van der Waals surface area contributed by atoms with E-state index < -0.39 is 5.97 Å². The van der Waals surface area contributed by atoms with E-state index in [0.717, 1.165) is 16.3 Å². The van der Waals surface area contributed by atoms with E-state index in [1.165, 1.54) is 0 Å². The third kappa shape index (κ3) is 4.59. The van der Waals surface area contributed by atoms with Gasteiger partial charge in [0.05, 0.1) is 19.3 Å². The lowest BCUT2D eigenvalue weighted by Gasteiger charge is -2.13. The Bertz CT molecular complexity index is 925. The smallest absolute Gasteiger partial charge is 0.338 e. The SMILES string of the molecule is COc1cc(C(=O)OCc2cccc3ccccc23)ccc1OCC(C)C. The van der Waals surface area contributed by atoms with Gasteiger partial charge in [-0.1, -0.05) is 56.3 Å². The van der Waals surface area contributed by atoms with Crippen LogP contribution in [0.15, 0.2) is 60.7 Å². The van der Waals surface area contributed by atoms with Crippen LogP contribution in [0.3, 0.4) is 0 Å². The molecule has 0 heterocycles. The molecule has 0 spiro atoms. The monoisotopic (exact) mass is 364 g/mol. The number of ether oxygens (including phenoxy) is 3. The summed E-state index contributed by atoms with van der Waals surface area (Å²) >= 11 is 0. The minimum Gasteiger partial charge on any atom is -0.493 e. The Morgan fingerprint density at radius 2 is 1.74 bits per heavy atom. The zero-order chi connectivity index (χ0) is 19.2. The number of rotatable bonds is 7. The maximum atomic E-state index is 12.5. The molecule has 27 heavy (non-hydrogen) atoms. The predicted octanol–water partition coefficient (Wildman–Crippen LogP) is 5.24. The lowest BCUT2D eigenvalue weighted by molar-refractivity contribution is 0.0474. The van der Waals surface area contributed by atoms with Gasteiger partial charge in [-0.3, -0.25) is 0 Å². The molecule has 0 aromatic heterocycles. The molecule has 0 aliphatic carbocycles. The van der Waals surface area contributed by atoms with Gasteiger partial charge in [0.25, 0.3) is 0 Å². The molecule has 0 saturated carbocycles. The molecule has 0 unspecified atom stereocenters. The van der Waals surface area contributed by atoms with Crippen molar-refractivity contribution in [2.75, 3.05) is 13.7 Å². The molecule has 0 aliphatic heterocycles. The average Bonchev–Trinajstić information content (AvgIpc) is 2.70. The number of fused-ring (bicyclic) bond motifs is 1. The molecule has 0 bridgehead atoms. The minimum atomic E-state index is -0.392. The minimum absolute atomic E-state index is 0.216. The summed E-state index contributed by atoms with van der Waals surface area (Å²) in [5.41, 5.74) is 1.41. The lowest BCUT2D eigenvalue weighted by Crippen LogP contribution is -2.08. The summed E-state index contributed by atoms with van der Waals surface area (Å²) in [7, 11) is 1.56. The predicted molar refractivity (Wildman–Crippen MR) is 106 cm³/mol. The standard InChI is InChI=1S/C23H24O4/c1-16(2)14-26-21-12-11-18(13-22(21)25-3)23(24)27-15-19-9-6-8-17-7-4-5-10-20(17)19/h4-13,16H,14-15H2,1-3H3. The number of esters is 1. The number of methoxy groups -OCH3 is 1. The molecule has 0 radical (unpaired) electrons. The van der Waals surface area contributed by atoms with Gasteiger partial charge in [-0.2, -0.15) is 0 Å². The summed E-state index contributed by atoms with van der Waals surface area (Å²) in [5, 5.41) is 2.21. The molecular formula is C23H24O4. The Kier molecular flexibility index (Phi) is 5.97. The number of hydrogen-bond acceptors (Lipinski definition) is 4. The van der Waals surface area contributed by atoms with Crippen molar-refractivity contribution in [2.45, 2.75) is 20.5 Å². The molecule has 0 atom stereocenters. The molecule has 0 saturated heterocycles. The highest BCUT2D eigenvalue weighted by Crippen LogP contribution is 2.29. The van der Waals surface area contributed by atoms with Gasteiger partial charge >= 0.3 is 5.97 Å². The Morgan fingerprint density at radius 3 is 2.52 bits per heavy atom. The first-order valence-electron chi connectivity index (χ1n) is 9.03. The second-order valence-corrected chi connectivity index (χ2v) is 6.78. The lowest BCUT2D eigenvalue weighted by atomic mass is 10.1. The third-order valence-corrected chi connectivity index (χ3v) is 4.21. The van der Waals surface area contributed by atoms with Crippen molar-refractivity contribution in [3.8, 4) is 11.5 Å². The fraction of sp³-hybridized carbons (Fsp3) is 0.261. The van der Waals surface area contributed by atoms with Gasteiger partial charge in [-0.25, -0.2) is 4.79 Å². The van der Waals surface area contributed by atoms with E-state index in [2.05, 4.69) is 13.8 Å². The first kappa shape index (κ1) is 18.8. The van der Waals surface area contributed by atoms with Gasteiger partial charge < -0.3 is 14.2 Å². The molecule has 4 nitrogen and oxygen atoms in total. The van der Waals surface area contributed by atoms with E-state index in [1.807, 2.05) is 42.5 Å². The summed E-state index contributed by atoms with van der Waals surface area (Å²) in [6.45, 7) is 4.95. The highest BCUT2D eigenvalue weighted by Gasteiger charge is 2.13. The summed E-state index contributed by atoms with van der Waals surface area (Å²) in [6, 6.07) is 19.1. The van der Waals surface area contributed by atoms with Gasteiger partial charge in [-0.15, -0.1) is 0 Å². The van der Waals surface area contributed by atoms with Crippen LogP contribution in [0.2, 0.25) is 0 Å². The van der Waals surface area contributed by atoms with Crippen molar-refractivity contribution in [3.63, 3.8) is 0 Å². The second kappa shape index (κ2) is 8.58. The summed E-state index contributed by atoms with van der Waals surface area (Å²) < 4.78 is 16.6. The second-order valence-electron chi connectivity index (χ2n) is 6.78. The summed E-state index contributed by atoms with van der Waals surface area (Å²) in [6.07, 6.45) is 0. The van der Waals surface area contributed by atoms with E-state index >= 15 is 0 Å². The Morgan fingerprint density at radius 1 is 0.963 bits per heavy atom. The fourth-order valence-electron chi connectivity index (χ4n) is 2.82. The number of carbonyl (C=O) groups excluding carboxylic acids is 1. The van der Waals surface area contributed by atoms with Gasteiger partial charge in [0.15, 0.2) is 11.5 Å². The van der Waals surface area contributed by atoms with Crippen LogP contribution in [0.4, 0.5) is 0 Å². The number of benzene rings is 3. The normalized spacial score (nSPS) is 10.8. The van der Waals surface area contributed by atoms with Crippen molar-refractivity contribution < 1.29 is 19.0 Å². The Hall–Kier alpha value is -3.01. The van der Waals surface area contributed by atoms with Crippen LogP contribution in [0.25, 0.3) is 10.8 Å². The van der Waals surface area contributed by atoms with Gasteiger partial charge in [-0.05, 0) is 40.5 Å². The fourth-order valence-corrected chi connectivity index (χ4v) is 2.82. The first-order valence-corrected chi connectivity index (χ1v) is 9.03. The summed E-state index contributed by atoms with van der Waals surface area (Å²) in [4.78, 5) is 12.5. The maximum Gasteiger partial charge on any atom is 0.338 e. The largest absolute Gasteiger partial charge is 0.493 e. The van der Waals surface area contributed by atoms with Crippen molar-refractivity contribution in [3.05, 3.63) is 71.8 Å². The molecule has 0 fully saturated rings. The van der Waals surface area contributed by atoms with E-state index in [0.29, 0.717) is 29.6 Å². The highest BCUT2D eigenvalue weighted by atomic mass is 16.5.